The number of aromatic nitrogens is 5. The molecule has 0 atom stereocenters. The summed E-state index contributed by atoms with van der Waals surface area (Å²) >= 11 is 0. The number of hydrogen-bond acceptors (Lipinski definition) is 7. The molecule has 0 amide bonds. The van der Waals surface area contributed by atoms with Crippen LogP contribution in [0.1, 0.15) is 27.5 Å². The molecule has 0 fully saturated rings. The number of carbonyl (C=O) groups is 2. The third kappa shape index (κ3) is 4.63. The first-order chi connectivity index (χ1) is 16.5. The molecule has 9 heteroatoms. The molecular formula is C25H23N5O4. The smallest absolute Gasteiger partial charge is 0.357 e. The zero-order chi connectivity index (χ0) is 24.1. The molecule has 0 N–H and O–H groups in total. The maximum absolute atomic E-state index is 13.1. The van der Waals surface area contributed by atoms with Gasteiger partial charge in [-0.2, -0.15) is 4.68 Å². The van der Waals surface area contributed by atoms with Gasteiger partial charge in [0, 0.05) is 35.1 Å². The van der Waals surface area contributed by atoms with Gasteiger partial charge in [-0.15, -0.1) is 11.7 Å². The lowest BCUT2D eigenvalue weighted by Gasteiger charge is -2.10. The van der Waals surface area contributed by atoms with E-state index >= 15 is 0 Å². The van der Waals surface area contributed by atoms with Crippen molar-refractivity contribution in [1.82, 2.24) is 24.8 Å². The van der Waals surface area contributed by atoms with Crippen molar-refractivity contribution in [3.8, 4) is 11.4 Å². The fraction of sp³-hybridized carbons (Fsp3) is 0.160. The molecule has 0 aliphatic carbocycles. The molecular weight excluding hydrogens is 434 g/mol. The van der Waals surface area contributed by atoms with Crippen LogP contribution < -0.4 is 0 Å². The second kappa shape index (κ2) is 9.95. The summed E-state index contributed by atoms with van der Waals surface area (Å²) in [5.41, 5.74) is 2.92. The predicted octanol–water partition coefficient (Wildman–Crippen LogP) is 3.96. The Morgan fingerprint density at radius 1 is 1.15 bits per heavy atom. The van der Waals surface area contributed by atoms with E-state index < -0.39 is 12.6 Å². The molecule has 0 saturated heterocycles. The first-order valence-electron chi connectivity index (χ1n) is 10.6. The zero-order valence-corrected chi connectivity index (χ0v) is 18.8. The number of tetrazole rings is 1. The average molecular weight is 457 g/mol. The van der Waals surface area contributed by atoms with Crippen LogP contribution in [0.5, 0.6) is 0 Å². The Balaban J connectivity index is 1.60. The van der Waals surface area contributed by atoms with Gasteiger partial charge in [-0.3, -0.25) is 4.79 Å². The summed E-state index contributed by atoms with van der Waals surface area (Å²) in [7, 11) is 0. The Bertz CT molecular complexity index is 1350. The molecule has 0 aliphatic heterocycles. The molecule has 3 heterocycles. The van der Waals surface area contributed by atoms with Gasteiger partial charge in [0.05, 0.1) is 6.26 Å². The summed E-state index contributed by atoms with van der Waals surface area (Å²) in [5.74, 6) is -0.335. The molecule has 172 valence electrons. The number of esters is 1. The van der Waals surface area contributed by atoms with Crippen molar-refractivity contribution >= 4 is 23.5 Å². The van der Waals surface area contributed by atoms with Crippen molar-refractivity contribution in [1.29, 1.82) is 0 Å². The molecule has 0 bridgehead atoms. The zero-order valence-electron chi connectivity index (χ0n) is 18.8. The van der Waals surface area contributed by atoms with Crippen LogP contribution in [0, 0.1) is 13.8 Å². The Morgan fingerprint density at radius 3 is 2.65 bits per heavy atom. The highest BCUT2D eigenvalue weighted by atomic mass is 16.5. The van der Waals surface area contributed by atoms with Crippen molar-refractivity contribution in [3.63, 3.8) is 0 Å². The van der Waals surface area contributed by atoms with E-state index in [0.29, 0.717) is 29.3 Å². The summed E-state index contributed by atoms with van der Waals surface area (Å²) < 4.78 is 14.0. The van der Waals surface area contributed by atoms with Gasteiger partial charge in [0.15, 0.2) is 18.1 Å². The Morgan fingerprint density at radius 2 is 1.94 bits per heavy atom. The third-order valence-corrected chi connectivity index (χ3v) is 5.28. The minimum absolute atomic E-state index is 0.00346. The number of aryl methyl sites for hydroxylation is 1. The lowest BCUT2D eigenvalue weighted by atomic mass is 10.1. The number of nitrogens with zero attached hydrogens (tertiary/aromatic N) is 5. The first-order valence-corrected chi connectivity index (χ1v) is 10.6. The molecule has 0 unspecified atom stereocenters. The van der Waals surface area contributed by atoms with E-state index in [2.05, 4.69) is 22.1 Å². The Hall–Kier alpha value is -4.53. The Labute approximate surface area is 196 Å². The largest absolute Gasteiger partial charge is 0.465 e. The molecule has 4 aromatic rings. The van der Waals surface area contributed by atoms with Gasteiger partial charge in [0.25, 0.3) is 0 Å². The summed E-state index contributed by atoms with van der Waals surface area (Å²) in [4.78, 5) is 26.0. The van der Waals surface area contributed by atoms with E-state index in [1.807, 2.05) is 48.7 Å². The number of furan rings is 1. The monoisotopic (exact) mass is 457 g/mol. The van der Waals surface area contributed by atoms with Gasteiger partial charge < -0.3 is 13.7 Å². The molecule has 1 aromatic carbocycles. The van der Waals surface area contributed by atoms with E-state index in [-0.39, 0.29) is 11.5 Å². The van der Waals surface area contributed by atoms with Crippen LogP contribution in [0.15, 0.2) is 71.9 Å². The summed E-state index contributed by atoms with van der Waals surface area (Å²) in [6.07, 6.45) is 4.71. The van der Waals surface area contributed by atoms with Gasteiger partial charge in [0.1, 0.15) is 5.76 Å². The SMILES string of the molecule is C=CCn1c(C)cc(C(=O)COC(=O)C(=Cc2ccco2)n2nnnc2-c2ccccc2)c1C. The number of Topliss-reactive ketones (excluding diaryl/α,β-unsaturated/α-hetero) is 1. The number of benzene rings is 1. The van der Waals surface area contributed by atoms with Crippen molar-refractivity contribution in [2.45, 2.75) is 20.4 Å². The molecule has 0 saturated carbocycles. The second-order valence-corrected chi connectivity index (χ2v) is 7.51. The van der Waals surface area contributed by atoms with Crippen LogP contribution in [0.25, 0.3) is 23.2 Å². The molecule has 0 spiro atoms. The Kier molecular flexibility index (Phi) is 6.63. The quantitative estimate of drug-likeness (QED) is 0.162. The average Bonchev–Trinajstić information content (AvgIpc) is 3.59. The fourth-order valence-corrected chi connectivity index (χ4v) is 3.61. The molecule has 4 rings (SSSR count). The predicted molar refractivity (Wildman–Crippen MR) is 126 cm³/mol. The highest BCUT2D eigenvalue weighted by Crippen LogP contribution is 2.22. The van der Waals surface area contributed by atoms with Crippen molar-refractivity contribution in [2.24, 2.45) is 0 Å². The van der Waals surface area contributed by atoms with Crippen LogP contribution in [0.3, 0.4) is 0 Å². The van der Waals surface area contributed by atoms with E-state index in [0.717, 1.165) is 11.4 Å². The summed E-state index contributed by atoms with van der Waals surface area (Å²) in [5, 5.41) is 11.7. The number of hydrogen-bond donors (Lipinski definition) is 0. The lowest BCUT2D eigenvalue weighted by molar-refractivity contribution is -0.136. The van der Waals surface area contributed by atoms with Crippen molar-refractivity contribution in [3.05, 3.63) is 90.2 Å². The summed E-state index contributed by atoms with van der Waals surface area (Å²) in [6.45, 7) is 7.66. The number of ketones is 1. The number of ether oxygens (including phenoxy) is 1. The topological polar surface area (TPSA) is 105 Å². The van der Waals surface area contributed by atoms with Crippen molar-refractivity contribution < 1.29 is 18.7 Å². The first kappa shape index (κ1) is 22.7. The van der Waals surface area contributed by atoms with Gasteiger partial charge in [0.2, 0.25) is 5.78 Å². The number of carbonyl (C=O) groups excluding carboxylic acids is 2. The lowest BCUT2D eigenvalue weighted by Crippen LogP contribution is -2.19. The maximum atomic E-state index is 13.1. The van der Waals surface area contributed by atoms with Crippen LogP contribution in [0.2, 0.25) is 0 Å². The van der Waals surface area contributed by atoms with E-state index in [1.165, 1.54) is 17.0 Å². The standard InChI is InChI=1S/C25H23N5O4/c1-4-12-29-17(2)14-21(18(29)3)23(31)16-34-25(32)22(15-20-11-8-13-33-20)30-24(26-27-28-30)19-9-6-5-7-10-19/h4-11,13-15H,1,12,16H2,2-3H3. The normalized spacial score (nSPS) is 11.4. The maximum Gasteiger partial charge on any atom is 0.357 e. The summed E-state index contributed by atoms with van der Waals surface area (Å²) in [6, 6.07) is 14.3. The number of allylic oxidation sites excluding steroid dienone is 1. The van der Waals surface area contributed by atoms with Crippen molar-refractivity contribution in [2.75, 3.05) is 6.61 Å². The van der Waals surface area contributed by atoms with Gasteiger partial charge in [-0.25, -0.2) is 4.79 Å². The van der Waals surface area contributed by atoms with Gasteiger partial charge in [-0.1, -0.05) is 36.4 Å². The minimum atomic E-state index is -0.769. The van der Waals surface area contributed by atoms with Crippen LogP contribution in [-0.4, -0.2) is 43.1 Å². The second-order valence-electron chi connectivity index (χ2n) is 7.51. The van der Waals surface area contributed by atoms with E-state index in [1.54, 1.807) is 24.3 Å². The fourth-order valence-electron chi connectivity index (χ4n) is 3.61. The minimum Gasteiger partial charge on any atom is -0.465 e. The van der Waals surface area contributed by atoms with Gasteiger partial charge in [-0.05, 0) is 42.5 Å². The van der Waals surface area contributed by atoms with Gasteiger partial charge >= 0.3 is 5.97 Å². The van der Waals surface area contributed by atoms with Crippen LogP contribution in [0.4, 0.5) is 0 Å². The van der Waals surface area contributed by atoms with Crippen LogP contribution >= 0.6 is 0 Å². The molecule has 0 aliphatic rings. The number of rotatable bonds is 9. The van der Waals surface area contributed by atoms with E-state index in [4.69, 9.17) is 9.15 Å². The molecule has 0 radical (unpaired) electrons. The van der Waals surface area contributed by atoms with E-state index in [9.17, 15) is 9.59 Å². The molecule has 3 aromatic heterocycles. The third-order valence-electron chi connectivity index (χ3n) is 5.28. The highest BCUT2D eigenvalue weighted by molar-refractivity contribution is 6.16. The van der Waals surface area contributed by atoms with Crippen LogP contribution in [-0.2, 0) is 16.1 Å². The highest BCUT2D eigenvalue weighted by Gasteiger charge is 2.23. The molecule has 9 nitrogen and oxygen atoms in total. The molecule has 34 heavy (non-hydrogen) atoms.